The lowest BCUT2D eigenvalue weighted by Gasteiger charge is -2.22. The van der Waals surface area contributed by atoms with Crippen molar-refractivity contribution < 1.29 is 19.1 Å². The van der Waals surface area contributed by atoms with Gasteiger partial charge in [-0.05, 0) is 55.0 Å². The standard InChI is InChI=1S/C33H34N2O4/c1-2-38-32(36)22-39-27-17-18-28-29(20-30(35-31(28)19-27)26-11-7-4-8-12-26)33(37)34-21-23-13-15-25(16-14-23)24-9-5-3-6-10-24/h4,7-8,11-20,24H,2-3,5-6,9-10,21-22H2,1H3,(H,34,37). The summed E-state index contributed by atoms with van der Waals surface area (Å²) in [6.07, 6.45) is 6.51. The number of rotatable bonds is 9. The fraction of sp³-hybridized carbons (Fsp3) is 0.303. The van der Waals surface area contributed by atoms with E-state index in [0.29, 0.717) is 47.0 Å². The van der Waals surface area contributed by atoms with Crippen LogP contribution in [0.1, 0.15) is 66.4 Å². The molecule has 4 aromatic rings. The van der Waals surface area contributed by atoms with Crippen LogP contribution in [-0.2, 0) is 16.1 Å². The van der Waals surface area contributed by atoms with Crippen molar-refractivity contribution in [2.75, 3.05) is 13.2 Å². The second-order valence-electron chi connectivity index (χ2n) is 9.95. The molecule has 1 fully saturated rings. The van der Waals surface area contributed by atoms with Gasteiger partial charge < -0.3 is 14.8 Å². The molecule has 200 valence electrons. The highest BCUT2D eigenvalue weighted by Gasteiger charge is 2.17. The molecule has 0 saturated heterocycles. The van der Waals surface area contributed by atoms with E-state index in [9.17, 15) is 9.59 Å². The fourth-order valence-electron chi connectivity index (χ4n) is 5.21. The Bertz CT molecular complexity index is 1430. The Balaban J connectivity index is 1.37. The minimum Gasteiger partial charge on any atom is -0.482 e. The van der Waals surface area contributed by atoms with Gasteiger partial charge in [-0.2, -0.15) is 0 Å². The molecule has 1 amide bonds. The summed E-state index contributed by atoms with van der Waals surface area (Å²) in [5.74, 6) is 0.539. The fourth-order valence-corrected chi connectivity index (χ4v) is 5.21. The molecule has 0 aliphatic heterocycles. The molecule has 0 unspecified atom stereocenters. The van der Waals surface area contributed by atoms with Gasteiger partial charge in [-0.25, -0.2) is 9.78 Å². The first-order valence-corrected chi connectivity index (χ1v) is 13.8. The van der Waals surface area contributed by atoms with Gasteiger partial charge in [0.2, 0.25) is 0 Å². The maximum absolute atomic E-state index is 13.5. The molecule has 5 rings (SSSR count). The smallest absolute Gasteiger partial charge is 0.344 e. The number of benzene rings is 3. The van der Waals surface area contributed by atoms with Crippen molar-refractivity contribution in [3.05, 3.63) is 95.6 Å². The lowest BCUT2D eigenvalue weighted by molar-refractivity contribution is -0.145. The SMILES string of the molecule is CCOC(=O)COc1ccc2c(C(=O)NCc3ccc(C4CCCCC4)cc3)cc(-c3ccccc3)nc2c1. The van der Waals surface area contributed by atoms with E-state index in [0.717, 1.165) is 11.1 Å². The van der Waals surface area contributed by atoms with Crippen LogP contribution in [0.4, 0.5) is 0 Å². The monoisotopic (exact) mass is 522 g/mol. The van der Waals surface area contributed by atoms with Crippen molar-refractivity contribution in [2.24, 2.45) is 0 Å². The molecule has 0 spiro atoms. The molecular formula is C33H34N2O4. The Morgan fingerprint density at radius 3 is 2.44 bits per heavy atom. The third kappa shape index (κ3) is 6.63. The van der Waals surface area contributed by atoms with Crippen molar-refractivity contribution in [1.82, 2.24) is 10.3 Å². The van der Waals surface area contributed by atoms with E-state index in [1.807, 2.05) is 42.5 Å². The summed E-state index contributed by atoms with van der Waals surface area (Å²) >= 11 is 0. The molecule has 0 atom stereocenters. The highest BCUT2D eigenvalue weighted by atomic mass is 16.6. The second-order valence-corrected chi connectivity index (χ2v) is 9.95. The highest BCUT2D eigenvalue weighted by molar-refractivity contribution is 6.07. The minimum atomic E-state index is -0.435. The van der Waals surface area contributed by atoms with E-state index in [1.165, 1.54) is 37.7 Å². The molecular weight excluding hydrogens is 488 g/mol. The summed E-state index contributed by atoms with van der Waals surface area (Å²) in [6, 6.07) is 25.6. The van der Waals surface area contributed by atoms with Gasteiger partial charge in [0.1, 0.15) is 5.75 Å². The van der Waals surface area contributed by atoms with E-state index in [-0.39, 0.29) is 12.5 Å². The Morgan fingerprint density at radius 2 is 1.69 bits per heavy atom. The number of amides is 1. The van der Waals surface area contributed by atoms with E-state index >= 15 is 0 Å². The quantitative estimate of drug-likeness (QED) is 0.244. The first kappa shape index (κ1) is 26.4. The van der Waals surface area contributed by atoms with Gasteiger partial charge in [0.05, 0.1) is 23.4 Å². The van der Waals surface area contributed by atoms with Crippen molar-refractivity contribution >= 4 is 22.8 Å². The molecule has 1 heterocycles. The highest BCUT2D eigenvalue weighted by Crippen LogP contribution is 2.32. The lowest BCUT2D eigenvalue weighted by Crippen LogP contribution is -2.23. The van der Waals surface area contributed by atoms with Crippen LogP contribution in [0.25, 0.3) is 22.2 Å². The van der Waals surface area contributed by atoms with Gasteiger partial charge in [0, 0.05) is 23.6 Å². The number of hydrogen-bond acceptors (Lipinski definition) is 5. The van der Waals surface area contributed by atoms with Crippen LogP contribution in [0, 0.1) is 0 Å². The van der Waals surface area contributed by atoms with Crippen LogP contribution in [0.15, 0.2) is 78.9 Å². The number of hydrogen-bond donors (Lipinski definition) is 1. The van der Waals surface area contributed by atoms with Gasteiger partial charge >= 0.3 is 5.97 Å². The number of esters is 1. The third-order valence-corrected chi connectivity index (χ3v) is 7.27. The number of nitrogens with one attached hydrogen (secondary N) is 1. The van der Waals surface area contributed by atoms with E-state index in [2.05, 4.69) is 29.6 Å². The third-order valence-electron chi connectivity index (χ3n) is 7.27. The number of fused-ring (bicyclic) bond motifs is 1. The molecule has 0 bridgehead atoms. The second kappa shape index (κ2) is 12.6. The molecule has 6 nitrogen and oxygen atoms in total. The Labute approximate surface area is 229 Å². The summed E-state index contributed by atoms with van der Waals surface area (Å²) in [5.41, 5.74) is 5.21. The summed E-state index contributed by atoms with van der Waals surface area (Å²) in [6.45, 7) is 2.30. The Hall–Kier alpha value is -4.19. The van der Waals surface area contributed by atoms with Crippen molar-refractivity contribution in [2.45, 2.75) is 51.5 Å². The molecule has 1 N–H and O–H groups in total. The Morgan fingerprint density at radius 1 is 0.923 bits per heavy atom. The summed E-state index contributed by atoms with van der Waals surface area (Å²) in [5, 5.41) is 3.81. The number of ether oxygens (including phenoxy) is 2. The average molecular weight is 523 g/mol. The maximum atomic E-state index is 13.5. The average Bonchev–Trinajstić information content (AvgIpc) is 2.99. The number of carbonyl (C=O) groups is 2. The van der Waals surface area contributed by atoms with Crippen LogP contribution >= 0.6 is 0 Å². The van der Waals surface area contributed by atoms with E-state index in [4.69, 9.17) is 14.5 Å². The van der Waals surface area contributed by atoms with Crippen molar-refractivity contribution in [1.29, 1.82) is 0 Å². The van der Waals surface area contributed by atoms with Crippen molar-refractivity contribution in [3.8, 4) is 17.0 Å². The van der Waals surface area contributed by atoms with Crippen LogP contribution in [0.5, 0.6) is 5.75 Å². The summed E-state index contributed by atoms with van der Waals surface area (Å²) in [4.78, 5) is 30.0. The van der Waals surface area contributed by atoms with E-state index < -0.39 is 5.97 Å². The number of aromatic nitrogens is 1. The van der Waals surface area contributed by atoms with Crippen molar-refractivity contribution in [3.63, 3.8) is 0 Å². The van der Waals surface area contributed by atoms with Gasteiger partial charge in [-0.1, -0.05) is 73.9 Å². The first-order valence-electron chi connectivity index (χ1n) is 13.8. The van der Waals surface area contributed by atoms with Gasteiger partial charge in [-0.15, -0.1) is 0 Å². The summed E-state index contributed by atoms with van der Waals surface area (Å²) in [7, 11) is 0. The predicted octanol–water partition coefficient (Wildman–Crippen LogP) is 6.82. The topological polar surface area (TPSA) is 77.5 Å². The number of nitrogens with zero attached hydrogens (tertiary/aromatic N) is 1. The number of pyridine rings is 1. The molecule has 0 radical (unpaired) electrons. The van der Waals surface area contributed by atoms with Crippen LogP contribution in [-0.4, -0.2) is 30.1 Å². The largest absolute Gasteiger partial charge is 0.482 e. The lowest BCUT2D eigenvalue weighted by atomic mass is 9.84. The molecule has 6 heteroatoms. The predicted molar refractivity (Wildman–Crippen MR) is 153 cm³/mol. The molecule has 39 heavy (non-hydrogen) atoms. The Kier molecular flexibility index (Phi) is 8.51. The van der Waals surface area contributed by atoms with Crippen LogP contribution in [0.3, 0.4) is 0 Å². The minimum absolute atomic E-state index is 0.170. The zero-order chi connectivity index (χ0) is 27.0. The summed E-state index contributed by atoms with van der Waals surface area (Å²) < 4.78 is 10.6. The normalized spacial score (nSPS) is 13.7. The molecule has 3 aromatic carbocycles. The molecule has 1 aliphatic rings. The number of carbonyl (C=O) groups excluding carboxylic acids is 2. The van der Waals surface area contributed by atoms with Crippen LogP contribution < -0.4 is 10.1 Å². The zero-order valence-electron chi connectivity index (χ0n) is 22.3. The van der Waals surface area contributed by atoms with Gasteiger partial charge in [0.25, 0.3) is 5.91 Å². The van der Waals surface area contributed by atoms with E-state index in [1.54, 1.807) is 19.1 Å². The molecule has 1 aliphatic carbocycles. The molecule has 1 aromatic heterocycles. The molecule has 1 saturated carbocycles. The van der Waals surface area contributed by atoms with Crippen LogP contribution in [0.2, 0.25) is 0 Å². The first-order chi connectivity index (χ1) is 19.1. The van der Waals surface area contributed by atoms with Gasteiger partial charge in [0.15, 0.2) is 6.61 Å². The van der Waals surface area contributed by atoms with Gasteiger partial charge in [-0.3, -0.25) is 4.79 Å². The maximum Gasteiger partial charge on any atom is 0.344 e. The zero-order valence-corrected chi connectivity index (χ0v) is 22.3.